The Bertz CT molecular complexity index is 652. The van der Waals surface area contributed by atoms with Gasteiger partial charge in [0.1, 0.15) is 23.3 Å². The minimum absolute atomic E-state index is 0.0694. The molecule has 0 aliphatic heterocycles. The van der Waals surface area contributed by atoms with Crippen LogP contribution in [-0.2, 0) is 0 Å². The van der Waals surface area contributed by atoms with Gasteiger partial charge in [-0.1, -0.05) is 6.07 Å². The third kappa shape index (κ3) is 2.55. The van der Waals surface area contributed by atoms with Crippen LogP contribution in [-0.4, -0.2) is 12.1 Å². The maximum Gasteiger partial charge on any atom is 0.238 e. The van der Waals surface area contributed by atoms with Crippen LogP contribution in [0.3, 0.4) is 0 Å². The number of hydrogen-bond acceptors (Lipinski definition) is 5. The summed E-state index contributed by atoms with van der Waals surface area (Å²) >= 11 is 0. The molecule has 2 aromatic rings. The van der Waals surface area contributed by atoms with Crippen molar-refractivity contribution in [3.8, 4) is 11.9 Å². The van der Waals surface area contributed by atoms with Crippen molar-refractivity contribution < 1.29 is 9.13 Å². The number of nitriles is 1. The molecule has 0 unspecified atom stereocenters. The van der Waals surface area contributed by atoms with Gasteiger partial charge in [0.05, 0.1) is 18.5 Å². The number of pyridine rings is 1. The van der Waals surface area contributed by atoms with E-state index in [2.05, 4.69) is 10.3 Å². The predicted octanol–water partition coefficient (Wildman–Crippen LogP) is 2.43. The first-order valence-corrected chi connectivity index (χ1v) is 5.42. The second kappa shape index (κ2) is 5.23. The quantitative estimate of drug-likeness (QED) is 0.883. The normalized spacial score (nSPS) is 9.74. The maximum absolute atomic E-state index is 13.4. The van der Waals surface area contributed by atoms with Crippen LogP contribution >= 0.6 is 0 Å². The van der Waals surface area contributed by atoms with Crippen LogP contribution in [0.5, 0.6) is 5.88 Å². The van der Waals surface area contributed by atoms with Gasteiger partial charge in [0.15, 0.2) is 0 Å². The highest BCUT2D eigenvalue weighted by atomic mass is 19.1. The summed E-state index contributed by atoms with van der Waals surface area (Å²) in [5, 5.41) is 11.8. The van der Waals surface area contributed by atoms with Crippen LogP contribution < -0.4 is 15.8 Å². The minimum atomic E-state index is -0.588. The Hall–Kier alpha value is -2.81. The molecule has 1 heterocycles. The lowest BCUT2D eigenvalue weighted by atomic mass is 10.2. The first-order valence-electron chi connectivity index (χ1n) is 5.42. The van der Waals surface area contributed by atoms with Gasteiger partial charge < -0.3 is 15.8 Å². The standard InChI is InChI=1S/C13H11FN4O/c1-19-13-10(16)5-6-12(18-13)17-11-4-2-3-9(14)8(11)7-15/h2-6H,16H2,1H3,(H,17,18). The van der Waals surface area contributed by atoms with E-state index < -0.39 is 5.82 Å². The van der Waals surface area contributed by atoms with E-state index in [1.54, 1.807) is 24.3 Å². The van der Waals surface area contributed by atoms with Crippen molar-refractivity contribution >= 4 is 17.2 Å². The fourth-order valence-corrected chi connectivity index (χ4v) is 1.56. The monoisotopic (exact) mass is 258 g/mol. The van der Waals surface area contributed by atoms with E-state index >= 15 is 0 Å². The number of nitrogens with zero attached hydrogens (tertiary/aromatic N) is 2. The van der Waals surface area contributed by atoms with Crippen molar-refractivity contribution in [3.05, 3.63) is 41.7 Å². The molecule has 96 valence electrons. The van der Waals surface area contributed by atoms with Crippen LogP contribution in [0.1, 0.15) is 5.56 Å². The molecule has 0 radical (unpaired) electrons. The van der Waals surface area contributed by atoms with Crippen molar-refractivity contribution in [1.29, 1.82) is 5.26 Å². The molecule has 6 heteroatoms. The Morgan fingerprint density at radius 3 is 2.84 bits per heavy atom. The molecule has 0 amide bonds. The van der Waals surface area contributed by atoms with Crippen molar-refractivity contribution in [2.75, 3.05) is 18.2 Å². The summed E-state index contributed by atoms with van der Waals surface area (Å²) in [4.78, 5) is 4.10. The molecule has 3 N–H and O–H groups in total. The smallest absolute Gasteiger partial charge is 0.238 e. The van der Waals surface area contributed by atoms with Gasteiger partial charge in [-0.25, -0.2) is 4.39 Å². The van der Waals surface area contributed by atoms with E-state index in [1.165, 1.54) is 19.2 Å². The highest BCUT2D eigenvalue weighted by Crippen LogP contribution is 2.25. The zero-order valence-electron chi connectivity index (χ0n) is 10.1. The number of rotatable bonds is 3. The summed E-state index contributed by atoms with van der Waals surface area (Å²) < 4.78 is 18.4. The first-order chi connectivity index (χ1) is 9.15. The SMILES string of the molecule is COc1nc(Nc2cccc(F)c2C#N)ccc1N. The largest absolute Gasteiger partial charge is 0.479 e. The molecule has 0 aliphatic carbocycles. The minimum Gasteiger partial charge on any atom is -0.479 e. The summed E-state index contributed by atoms with van der Waals surface area (Å²) in [6, 6.07) is 9.35. The van der Waals surface area contributed by atoms with Gasteiger partial charge >= 0.3 is 0 Å². The van der Waals surface area contributed by atoms with Crippen LogP contribution in [0.2, 0.25) is 0 Å². The molecule has 2 rings (SSSR count). The number of benzene rings is 1. The lowest BCUT2D eigenvalue weighted by Gasteiger charge is -2.10. The Morgan fingerprint density at radius 1 is 1.37 bits per heavy atom. The summed E-state index contributed by atoms with van der Waals surface area (Å²) in [7, 11) is 1.45. The molecule has 5 nitrogen and oxygen atoms in total. The summed E-state index contributed by atoms with van der Waals surface area (Å²) in [6.45, 7) is 0. The number of nitrogen functional groups attached to an aromatic ring is 1. The first kappa shape index (κ1) is 12.6. The summed E-state index contributed by atoms with van der Waals surface area (Å²) in [5.41, 5.74) is 6.31. The number of aromatic nitrogens is 1. The van der Waals surface area contributed by atoms with Crippen molar-refractivity contribution in [1.82, 2.24) is 4.98 Å². The van der Waals surface area contributed by atoms with E-state index in [1.807, 2.05) is 0 Å². The number of methoxy groups -OCH3 is 1. The van der Waals surface area contributed by atoms with Crippen LogP contribution in [0.15, 0.2) is 30.3 Å². The van der Waals surface area contributed by atoms with Gasteiger partial charge in [0.2, 0.25) is 5.88 Å². The molecule has 0 bridgehead atoms. The van der Waals surface area contributed by atoms with Crippen LogP contribution in [0.4, 0.5) is 21.6 Å². The average Bonchev–Trinajstić information content (AvgIpc) is 2.41. The number of hydrogen-bond donors (Lipinski definition) is 2. The molecule has 0 spiro atoms. The lowest BCUT2D eigenvalue weighted by Crippen LogP contribution is -2.01. The average molecular weight is 258 g/mol. The number of anilines is 3. The van der Waals surface area contributed by atoms with Crippen LogP contribution in [0, 0.1) is 17.1 Å². The number of ether oxygens (including phenoxy) is 1. The molecule has 0 fully saturated rings. The Morgan fingerprint density at radius 2 is 2.16 bits per heavy atom. The number of nitrogens with two attached hydrogens (primary N) is 1. The van der Waals surface area contributed by atoms with Gasteiger partial charge in [0.25, 0.3) is 0 Å². The molecule has 19 heavy (non-hydrogen) atoms. The van der Waals surface area contributed by atoms with Gasteiger partial charge in [-0.15, -0.1) is 0 Å². The fourth-order valence-electron chi connectivity index (χ4n) is 1.56. The Balaban J connectivity index is 2.37. The third-order valence-electron chi connectivity index (χ3n) is 2.47. The van der Waals surface area contributed by atoms with Gasteiger partial charge in [-0.2, -0.15) is 10.2 Å². The Labute approximate surface area is 109 Å². The van der Waals surface area contributed by atoms with Crippen molar-refractivity contribution in [3.63, 3.8) is 0 Å². The van der Waals surface area contributed by atoms with E-state index in [9.17, 15) is 4.39 Å². The van der Waals surface area contributed by atoms with Crippen LogP contribution in [0.25, 0.3) is 0 Å². The molecular formula is C13H11FN4O. The molecule has 0 saturated carbocycles. The highest BCUT2D eigenvalue weighted by molar-refractivity contribution is 5.66. The molecular weight excluding hydrogens is 247 g/mol. The number of nitrogens with one attached hydrogen (secondary N) is 1. The predicted molar refractivity (Wildman–Crippen MR) is 69.6 cm³/mol. The number of halogens is 1. The maximum atomic E-state index is 13.4. The Kier molecular flexibility index (Phi) is 3.48. The summed E-state index contributed by atoms with van der Waals surface area (Å²) in [5.74, 6) is 0.0861. The molecule has 0 aliphatic rings. The van der Waals surface area contributed by atoms with Gasteiger partial charge in [-0.05, 0) is 24.3 Å². The zero-order valence-corrected chi connectivity index (χ0v) is 10.1. The molecule has 0 atom stereocenters. The van der Waals surface area contributed by atoms with E-state index in [-0.39, 0.29) is 11.4 Å². The molecule has 1 aromatic carbocycles. The highest BCUT2D eigenvalue weighted by Gasteiger charge is 2.09. The van der Waals surface area contributed by atoms with E-state index in [4.69, 9.17) is 15.7 Å². The topological polar surface area (TPSA) is 84.0 Å². The molecule has 1 aromatic heterocycles. The van der Waals surface area contributed by atoms with E-state index in [0.29, 0.717) is 17.2 Å². The third-order valence-corrected chi connectivity index (χ3v) is 2.47. The van der Waals surface area contributed by atoms with E-state index in [0.717, 1.165) is 0 Å². The van der Waals surface area contributed by atoms with Crippen molar-refractivity contribution in [2.24, 2.45) is 0 Å². The van der Waals surface area contributed by atoms with Crippen molar-refractivity contribution in [2.45, 2.75) is 0 Å². The van der Waals surface area contributed by atoms with Gasteiger partial charge in [0, 0.05) is 0 Å². The second-order valence-electron chi connectivity index (χ2n) is 3.69. The molecule has 0 saturated heterocycles. The van der Waals surface area contributed by atoms with Gasteiger partial charge in [-0.3, -0.25) is 0 Å². The fraction of sp³-hybridized carbons (Fsp3) is 0.0769. The lowest BCUT2D eigenvalue weighted by molar-refractivity contribution is 0.401. The zero-order chi connectivity index (χ0) is 13.8. The summed E-state index contributed by atoms with van der Waals surface area (Å²) in [6.07, 6.45) is 0. The second-order valence-corrected chi connectivity index (χ2v) is 3.69.